The molecule has 0 aliphatic rings. The van der Waals surface area contributed by atoms with Crippen molar-refractivity contribution in [3.8, 4) is 0 Å². The highest BCUT2D eigenvalue weighted by molar-refractivity contribution is 5.67. The zero-order valence-electron chi connectivity index (χ0n) is 9.77. The topological polar surface area (TPSA) is 83.5 Å². The Morgan fingerprint density at radius 2 is 2.06 bits per heavy atom. The lowest BCUT2D eigenvalue weighted by molar-refractivity contribution is -0.137. The molecule has 0 heterocycles. The van der Waals surface area contributed by atoms with Crippen LogP contribution in [-0.4, -0.2) is 16.2 Å². The van der Waals surface area contributed by atoms with Gasteiger partial charge in [0, 0.05) is 6.04 Å². The fraction of sp³-hybridized carbons (Fsp3) is 0.417. The van der Waals surface area contributed by atoms with E-state index in [4.69, 9.17) is 10.8 Å². The average Bonchev–Trinajstić information content (AvgIpc) is 2.14. The van der Waals surface area contributed by atoms with Crippen molar-refractivity contribution in [3.63, 3.8) is 0 Å². The number of aliphatic hydroxyl groups is 1. The van der Waals surface area contributed by atoms with Gasteiger partial charge in [-0.25, -0.2) is 4.39 Å². The van der Waals surface area contributed by atoms with Gasteiger partial charge >= 0.3 is 5.97 Å². The second kappa shape index (κ2) is 4.81. The molecular formula is C12H16FNO3. The van der Waals surface area contributed by atoms with Gasteiger partial charge in [-0.1, -0.05) is 6.07 Å². The molecule has 0 amide bonds. The normalized spacial score (nSPS) is 13.5. The minimum absolute atomic E-state index is 0.283. The van der Waals surface area contributed by atoms with Gasteiger partial charge in [-0.05, 0) is 37.1 Å². The maximum Gasteiger partial charge on any atom is 0.305 e. The number of carboxylic acids is 1. The summed E-state index contributed by atoms with van der Waals surface area (Å²) in [6.07, 6.45) is -0.283. The molecule has 17 heavy (non-hydrogen) atoms. The molecule has 0 aromatic heterocycles. The smallest absolute Gasteiger partial charge is 0.305 e. The third kappa shape index (κ3) is 3.80. The fourth-order valence-corrected chi connectivity index (χ4v) is 1.49. The summed E-state index contributed by atoms with van der Waals surface area (Å²) in [6, 6.07) is 3.13. The van der Waals surface area contributed by atoms with Crippen molar-refractivity contribution in [2.24, 2.45) is 5.73 Å². The molecule has 1 rings (SSSR count). The molecule has 4 nitrogen and oxygen atoms in total. The molecule has 0 aliphatic carbocycles. The maximum atomic E-state index is 13.3. The highest BCUT2D eigenvalue weighted by Gasteiger charge is 2.20. The zero-order chi connectivity index (χ0) is 13.2. The van der Waals surface area contributed by atoms with Crippen LogP contribution in [0.15, 0.2) is 18.2 Å². The van der Waals surface area contributed by atoms with Crippen LogP contribution in [0.2, 0.25) is 0 Å². The molecule has 0 radical (unpaired) electrons. The molecular weight excluding hydrogens is 225 g/mol. The van der Waals surface area contributed by atoms with Crippen molar-refractivity contribution in [3.05, 3.63) is 35.1 Å². The molecule has 0 fully saturated rings. The van der Waals surface area contributed by atoms with E-state index >= 15 is 0 Å². The number of carboxylic acid groups (broad SMARTS) is 1. The third-order valence-electron chi connectivity index (χ3n) is 2.45. The number of carbonyl (C=O) groups is 1. The summed E-state index contributed by atoms with van der Waals surface area (Å²) >= 11 is 0. The Balaban J connectivity index is 3.09. The number of benzene rings is 1. The van der Waals surface area contributed by atoms with Crippen molar-refractivity contribution in [2.45, 2.75) is 31.9 Å². The van der Waals surface area contributed by atoms with Gasteiger partial charge in [0.25, 0.3) is 0 Å². The second-order valence-electron chi connectivity index (χ2n) is 4.54. The number of hydrogen-bond donors (Lipinski definition) is 3. The molecule has 0 aliphatic heterocycles. The lowest BCUT2D eigenvalue weighted by Crippen LogP contribution is -2.19. The molecule has 94 valence electrons. The molecule has 4 N–H and O–H groups in total. The van der Waals surface area contributed by atoms with Gasteiger partial charge in [-0.3, -0.25) is 4.79 Å². The quantitative estimate of drug-likeness (QED) is 0.746. The van der Waals surface area contributed by atoms with Gasteiger partial charge in [0.15, 0.2) is 0 Å². The average molecular weight is 241 g/mol. The summed E-state index contributed by atoms with van der Waals surface area (Å²) in [7, 11) is 0. The summed E-state index contributed by atoms with van der Waals surface area (Å²) in [5, 5.41) is 18.4. The first-order valence-electron chi connectivity index (χ1n) is 5.21. The van der Waals surface area contributed by atoms with Crippen LogP contribution in [0.4, 0.5) is 4.39 Å². The molecule has 0 saturated heterocycles. The molecule has 0 saturated carbocycles. The van der Waals surface area contributed by atoms with Gasteiger partial charge < -0.3 is 15.9 Å². The van der Waals surface area contributed by atoms with E-state index in [-0.39, 0.29) is 6.42 Å². The van der Waals surface area contributed by atoms with Crippen LogP contribution in [-0.2, 0) is 10.4 Å². The molecule has 5 heteroatoms. The van der Waals surface area contributed by atoms with E-state index in [9.17, 15) is 14.3 Å². The SMILES string of the molecule is CC(C)(O)c1cc(F)cc(C(N)CC(=O)O)c1. The van der Waals surface area contributed by atoms with Gasteiger partial charge in [0.2, 0.25) is 0 Å². The number of halogens is 1. The van der Waals surface area contributed by atoms with Crippen molar-refractivity contribution in [1.82, 2.24) is 0 Å². The first-order chi connectivity index (χ1) is 7.70. The molecule has 0 spiro atoms. The van der Waals surface area contributed by atoms with Gasteiger partial charge in [0.05, 0.1) is 12.0 Å². The highest BCUT2D eigenvalue weighted by Crippen LogP contribution is 2.25. The predicted octanol–water partition coefficient (Wildman–Crippen LogP) is 1.53. The summed E-state index contributed by atoms with van der Waals surface area (Å²) in [4.78, 5) is 10.5. The first kappa shape index (κ1) is 13.6. The summed E-state index contributed by atoms with van der Waals surface area (Å²) in [5.74, 6) is -1.59. The van der Waals surface area contributed by atoms with Gasteiger partial charge in [-0.15, -0.1) is 0 Å². The van der Waals surface area contributed by atoms with Gasteiger partial charge in [-0.2, -0.15) is 0 Å². The van der Waals surface area contributed by atoms with Crippen molar-refractivity contribution < 1.29 is 19.4 Å². The van der Waals surface area contributed by atoms with Crippen molar-refractivity contribution >= 4 is 5.97 Å². The van der Waals surface area contributed by atoms with E-state index < -0.39 is 23.4 Å². The number of rotatable bonds is 4. The zero-order valence-corrected chi connectivity index (χ0v) is 9.77. The minimum atomic E-state index is -1.19. The maximum absolute atomic E-state index is 13.3. The lowest BCUT2D eigenvalue weighted by Gasteiger charge is -2.20. The van der Waals surface area contributed by atoms with E-state index in [1.807, 2.05) is 0 Å². The molecule has 1 atom stereocenters. The van der Waals surface area contributed by atoms with E-state index in [1.165, 1.54) is 32.0 Å². The first-order valence-corrected chi connectivity index (χ1v) is 5.21. The minimum Gasteiger partial charge on any atom is -0.481 e. The second-order valence-corrected chi connectivity index (χ2v) is 4.54. The molecule has 1 unspecified atom stereocenters. The highest BCUT2D eigenvalue weighted by atomic mass is 19.1. The van der Waals surface area contributed by atoms with E-state index in [1.54, 1.807) is 0 Å². The van der Waals surface area contributed by atoms with Crippen molar-refractivity contribution in [2.75, 3.05) is 0 Å². The van der Waals surface area contributed by atoms with Crippen LogP contribution in [0.1, 0.15) is 37.4 Å². The Bertz CT molecular complexity index is 426. The Morgan fingerprint density at radius 1 is 1.47 bits per heavy atom. The number of nitrogens with two attached hydrogens (primary N) is 1. The van der Waals surface area contributed by atoms with Crippen LogP contribution < -0.4 is 5.73 Å². The Hall–Kier alpha value is -1.46. The Morgan fingerprint density at radius 3 is 2.53 bits per heavy atom. The fourth-order valence-electron chi connectivity index (χ4n) is 1.49. The summed E-state index contributed by atoms with van der Waals surface area (Å²) in [5.41, 5.74) is 5.19. The van der Waals surface area contributed by atoms with Crippen LogP contribution in [0.25, 0.3) is 0 Å². The molecule has 1 aromatic rings. The van der Waals surface area contributed by atoms with Crippen LogP contribution >= 0.6 is 0 Å². The van der Waals surface area contributed by atoms with Crippen LogP contribution in [0, 0.1) is 5.82 Å². The van der Waals surface area contributed by atoms with E-state index in [2.05, 4.69) is 0 Å². The van der Waals surface area contributed by atoms with Crippen LogP contribution in [0.3, 0.4) is 0 Å². The number of aliphatic carboxylic acids is 1. The standard InChI is InChI=1S/C12H16FNO3/c1-12(2,17)8-3-7(4-9(13)5-8)10(14)6-11(15)16/h3-5,10,17H,6,14H2,1-2H3,(H,15,16). The van der Waals surface area contributed by atoms with Gasteiger partial charge in [0.1, 0.15) is 5.82 Å². The Labute approximate surface area is 98.9 Å². The van der Waals surface area contributed by atoms with Crippen molar-refractivity contribution in [1.29, 1.82) is 0 Å². The third-order valence-corrected chi connectivity index (χ3v) is 2.45. The number of hydrogen-bond acceptors (Lipinski definition) is 3. The molecule has 1 aromatic carbocycles. The summed E-state index contributed by atoms with van der Waals surface area (Å²) in [6.45, 7) is 3.04. The molecule has 0 bridgehead atoms. The monoisotopic (exact) mass is 241 g/mol. The lowest BCUT2D eigenvalue weighted by atomic mass is 9.93. The van der Waals surface area contributed by atoms with Crippen LogP contribution in [0.5, 0.6) is 0 Å². The Kier molecular flexibility index (Phi) is 3.85. The largest absolute Gasteiger partial charge is 0.481 e. The predicted molar refractivity (Wildman–Crippen MR) is 60.8 cm³/mol. The van der Waals surface area contributed by atoms with E-state index in [0.717, 1.165) is 0 Å². The van der Waals surface area contributed by atoms with E-state index in [0.29, 0.717) is 11.1 Å². The summed E-state index contributed by atoms with van der Waals surface area (Å²) < 4.78 is 13.3.